The molecule has 0 spiro atoms. The third kappa shape index (κ3) is 9.21. The van der Waals surface area contributed by atoms with Crippen molar-refractivity contribution in [2.45, 2.75) is 36.9 Å². The Hall–Kier alpha value is -2.73. The van der Waals surface area contributed by atoms with Gasteiger partial charge in [0.2, 0.25) is 0 Å². The van der Waals surface area contributed by atoms with Crippen LogP contribution in [0, 0.1) is 5.82 Å². The Morgan fingerprint density at radius 3 is 2.51 bits per heavy atom. The summed E-state index contributed by atoms with van der Waals surface area (Å²) in [5.41, 5.74) is 5.77. The number of thioether (sulfide) groups is 2. The Bertz CT molecular complexity index is 2180. The number of nitrogens with two attached hydrogens (primary N) is 1. The van der Waals surface area contributed by atoms with Gasteiger partial charge in [0.05, 0.1) is 40.1 Å². The first-order valence-electron chi connectivity index (χ1n) is 16.2. The van der Waals surface area contributed by atoms with E-state index in [0.717, 1.165) is 30.0 Å². The van der Waals surface area contributed by atoms with E-state index >= 15 is 4.39 Å². The van der Waals surface area contributed by atoms with Crippen LogP contribution >= 0.6 is 47.1 Å². The van der Waals surface area contributed by atoms with E-state index in [1.807, 2.05) is 9.80 Å². The molecule has 2 atom stereocenters. The fraction of sp³-hybridized carbons (Fsp3) is 0.375. The Balaban J connectivity index is 0.00000290. The molecule has 3 aromatic rings. The summed E-state index contributed by atoms with van der Waals surface area (Å²) in [4.78, 5) is 75.9. The van der Waals surface area contributed by atoms with Crippen molar-refractivity contribution >= 4 is 103 Å². The number of pyridine rings is 1. The van der Waals surface area contributed by atoms with Gasteiger partial charge < -0.3 is 50.1 Å². The van der Waals surface area contributed by atoms with Crippen LogP contribution in [-0.2, 0) is 25.8 Å². The van der Waals surface area contributed by atoms with E-state index in [2.05, 4.69) is 15.5 Å². The van der Waals surface area contributed by atoms with Gasteiger partial charge in [-0.2, -0.15) is 0 Å². The van der Waals surface area contributed by atoms with E-state index in [4.69, 9.17) is 22.8 Å². The molecule has 1 saturated carbocycles. The number of nitrogens with one attached hydrogen (secondary N) is 1. The molecular formula is C32H29FN8Na2O8S4. The number of benzene rings is 1. The molecule has 7 rings (SSSR count). The second-order valence-corrected chi connectivity index (χ2v) is 16.1. The van der Waals surface area contributed by atoms with Crippen molar-refractivity contribution in [3.05, 3.63) is 62.3 Å². The van der Waals surface area contributed by atoms with E-state index in [0.29, 0.717) is 52.4 Å². The molecule has 4 aliphatic rings. The Morgan fingerprint density at radius 1 is 1.15 bits per heavy atom. The third-order valence-corrected chi connectivity index (χ3v) is 12.7. The first-order chi connectivity index (χ1) is 25.4. The molecule has 3 aliphatic heterocycles. The number of β-lactam (4-membered cyclic amide) rings is 1. The van der Waals surface area contributed by atoms with Crippen LogP contribution in [0.3, 0.4) is 0 Å². The number of rotatable bonds is 11. The van der Waals surface area contributed by atoms with Crippen molar-refractivity contribution in [2.75, 3.05) is 48.3 Å². The number of oxime groups is 1. The fourth-order valence-corrected chi connectivity index (χ4v) is 9.61. The predicted molar refractivity (Wildman–Crippen MR) is 196 cm³/mol. The second-order valence-electron chi connectivity index (χ2n) is 12.5. The summed E-state index contributed by atoms with van der Waals surface area (Å²) in [5, 5.41) is 31.3. The zero-order valence-corrected chi connectivity index (χ0v) is 36.8. The molecule has 1 aliphatic carbocycles. The predicted octanol–water partition coefficient (Wildman–Crippen LogP) is -6.37. The number of carbonyl (C=O) groups excluding carboxylic acids is 4. The van der Waals surface area contributed by atoms with Gasteiger partial charge in [-0.25, -0.2) is 9.37 Å². The topological polar surface area (TPSA) is 219 Å². The number of carboxylic acids is 2. The summed E-state index contributed by atoms with van der Waals surface area (Å²) in [5.74, 6) is -4.61. The Kier molecular flexibility index (Phi) is 14.4. The minimum Gasteiger partial charge on any atom is -0.545 e. The first kappa shape index (κ1) is 43.4. The van der Waals surface area contributed by atoms with Crippen LogP contribution in [0.15, 0.2) is 44.9 Å². The number of nitrogen functional groups attached to an aromatic ring is 1. The molecule has 0 bridgehead atoms. The van der Waals surface area contributed by atoms with Gasteiger partial charge in [-0.3, -0.25) is 19.3 Å². The molecule has 23 heteroatoms. The van der Waals surface area contributed by atoms with E-state index in [1.165, 1.54) is 41.1 Å². The number of fused-ring (bicyclic) bond motifs is 2. The molecule has 5 heterocycles. The number of carboxylic acid groups (broad SMARTS) is 2. The van der Waals surface area contributed by atoms with Crippen LogP contribution in [-0.4, -0.2) is 103 Å². The third-order valence-electron chi connectivity index (χ3n) is 9.07. The number of nitrogens with zero attached hydrogens (tertiary/aromatic N) is 6. The summed E-state index contributed by atoms with van der Waals surface area (Å²) < 4.78 is 17.6. The van der Waals surface area contributed by atoms with E-state index < -0.39 is 52.0 Å². The second kappa shape index (κ2) is 18.2. The summed E-state index contributed by atoms with van der Waals surface area (Å²) in [6.45, 7) is 1.66. The minimum atomic E-state index is -1.60. The normalized spacial score (nSPS) is 19.4. The van der Waals surface area contributed by atoms with Crippen LogP contribution in [0.1, 0.15) is 34.9 Å². The number of thiazole rings is 1. The molecule has 2 aromatic heterocycles. The average Bonchev–Trinajstić information content (AvgIpc) is 3.90. The molecule has 0 unspecified atom stereocenters. The van der Waals surface area contributed by atoms with Crippen LogP contribution in [0.25, 0.3) is 10.9 Å². The van der Waals surface area contributed by atoms with Crippen molar-refractivity contribution in [3.63, 3.8) is 0 Å². The molecule has 3 fully saturated rings. The van der Waals surface area contributed by atoms with Crippen molar-refractivity contribution < 1.29 is 97.7 Å². The van der Waals surface area contributed by atoms with Crippen molar-refractivity contribution in [1.29, 1.82) is 0 Å². The molecule has 2 amide bonds. The van der Waals surface area contributed by atoms with E-state index in [9.17, 15) is 34.2 Å². The number of thiocarbonyl (C=S) groups is 1. The largest absolute Gasteiger partial charge is 1.00 e. The zero-order valence-electron chi connectivity index (χ0n) is 29.5. The van der Waals surface area contributed by atoms with Crippen molar-refractivity contribution in [3.8, 4) is 0 Å². The average molecular weight is 847 g/mol. The number of halogens is 1. The number of aromatic nitrogens is 2. The molecule has 1 aromatic carbocycles. The van der Waals surface area contributed by atoms with Crippen molar-refractivity contribution in [1.82, 2.24) is 24.7 Å². The molecule has 55 heavy (non-hydrogen) atoms. The molecular weight excluding hydrogens is 818 g/mol. The minimum absolute atomic E-state index is 0. The number of carbonyl (C=O) groups is 4. The summed E-state index contributed by atoms with van der Waals surface area (Å²) in [6, 6.07) is 1.74. The summed E-state index contributed by atoms with van der Waals surface area (Å²) in [6.07, 6.45) is 3.79. The Labute approximate surface area is 374 Å². The number of hydrogen-bond donors (Lipinski definition) is 2. The number of piperazine rings is 1. The smallest absolute Gasteiger partial charge is 0.545 e. The van der Waals surface area contributed by atoms with Gasteiger partial charge in [-0.05, 0) is 30.5 Å². The summed E-state index contributed by atoms with van der Waals surface area (Å²) >= 11 is 9.45. The van der Waals surface area contributed by atoms with Gasteiger partial charge in [0, 0.05) is 60.7 Å². The first-order valence-corrected chi connectivity index (χ1v) is 19.5. The molecule has 3 N–H and O–H groups in total. The molecule has 278 valence electrons. The SMILES string of the molecule is Nc1nc(CON=CC(=O)N[C@@H]2C(=O)N3C(C(=O)[O-])=C(CSC(=S)N4CCN(c5cc6c(cc5F)c(=O)c(C(=O)[O-])cn6C5CC5)CC4)CS[C@H]23)cs1.[Na+].[Na+]. The molecule has 2 saturated heterocycles. The van der Waals surface area contributed by atoms with Gasteiger partial charge in [-0.15, -0.1) is 23.1 Å². The number of amides is 2. The fourth-order valence-electron chi connectivity index (χ4n) is 6.32. The number of hydrogen-bond acceptors (Lipinski definition) is 16. The maximum Gasteiger partial charge on any atom is 1.00 e. The maximum absolute atomic E-state index is 15.4. The maximum atomic E-state index is 15.4. The van der Waals surface area contributed by atoms with E-state index in [1.54, 1.807) is 16.0 Å². The van der Waals surface area contributed by atoms with Gasteiger partial charge in [0.25, 0.3) is 11.8 Å². The van der Waals surface area contributed by atoms with Crippen LogP contribution < -0.4 is 90.7 Å². The number of aromatic carboxylic acids is 1. The molecule has 0 radical (unpaired) electrons. The van der Waals surface area contributed by atoms with Crippen LogP contribution in [0.4, 0.5) is 15.2 Å². The number of aliphatic carboxylic acids is 1. The van der Waals surface area contributed by atoms with Gasteiger partial charge in [0.15, 0.2) is 17.2 Å². The van der Waals surface area contributed by atoms with Gasteiger partial charge >= 0.3 is 59.1 Å². The monoisotopic (exact) mass is 846 g/mol. The standard InChI is InChI=1S/C32H31FN8O8S4.2Na/c33-20-7-18-21(40(17-1-2-17)10-19(26(18)43)29(45)46)8-22(20)38-3-5-39(6-4-38)32(50)53-13-15-12-51-28-24(27(44)41(28)25(15)30(47)48)37-23(42)9-35-49-11-16-14-52-31(34)36-16;;/h7-10,14,17,24,28H,1-6,11-13H2,(H2,34,36)(H,37,42)(H,45,46)(H,47,48);;/q;2*+1/p-2/t24-,28-;;/m1../s1. The Morgan fingerprint density at radius 2 is 1.87 bits per heavy atom. The van der Waals surface area contributed by atoms with Gasteiger partial charge in [0.1, 0.15) is 27.8 Å². The summed E-state index contributed by atoms with van der Waals surface area (Å²) in [7, 11) is 0. The van der Waals surface area contributed by atoms with Crippen LogP contribution in [0.5, 0.6) is 0 Å². The van der Waals surface area contributed by atoms with Crippen LogP contribution in [0.2, 0.25) is 0 Å². The van der Waals surface area contributed by atoms with E-state index in [-0.39, 0.29) is 100 Å². The molecule has 16 nitrogen and oxygen atoms in total. The zero-order chi connectivity index (χ0) is 37.6. The number of anilines is 2. The van der Waals surface area contributed by atoms with Gasteiger partial charge in [-0.1, -0.05) is 29.1 Å². The quantitative estimate of drug-likeness (QED) is 0.0603. The van der Waals surface area contributed by atoms with Crippen molar-refractivity contribution in [2.24, 2.45) is 5.16 Å².